The number of pyridine rings is 1. The lowest BCUT2D eigenvalue weighted by Gasteiger charge is -2.03. The Morgan fingerprint density at radius 2 is 1.67 bits per heavy atom. The molecular formula is C11H10BrN3. The summed E-state index contributed by atoms with van der Waals surface area (Å²) in [5.41, 5.74) is 4.70. The Labute approximate surface area is 96.4 Å². The molecule has 1 aromatic heterocycles. The number of nitrogens with one attached hydrogen (secondary N) is 1. The van der Waals surface area contributed by atoms with Crippen molar-refractivity contribution >= 4 is 21.7 Å². The molecule has 0 aliphatic rings. The number of hydrazine groups is 1. The third kappa shape index (κ3) is 2.34. The van der Waals surface area contributed by atoms with Gasteiger partial charge in [-0.2, -0.15) is 0 Å². The third-order valence-electron chi connectivity index (χ3n) is 2.09. The van der Waals surface area contributed by atoms with Crippen LogP contribution in [0.15, 0.2) is 47.1 Å². The number of nitrogens with two attached hydrogens (primary N) is 1. The predicted octanol–water partition coefficient (Wildman–Crippen LogP) is 2.80. The molecule has 2 aromatic rings. The molecule has 2 rings (SSSR count). The Hall–Kier alpha value is -1.39. The van der Waals surface area contributed by atoms with E-state index in [1.165, 1.54) is 0 Å². The van der Waals surface area contributed by atoms with Gasteiger partial charge in [-0.15, -0.1) is 0 Å². The second-order valence-corrected chi connectivity index (χ2v) is 4.00. The molecule has 15 heavy (non-hydrogen) atoms. The highest BCUT2D eigenvalue weighted by atomic mass is 79.9. The Kier molecular flexibility index (Phi) is 2.99. The third-order valence-corrected chi connectivity index (χ3v) is 2.62. The van der Waals surface area contributed by atoms with Crippen LogP contribution in [-0.2, 0) is 0 Å². The van der Waals surface area contributed by atoms with Crippen LogP contribution >= 0.6 is 15.9 Å². The van der Waals surface area contributed by atoms with E-state index in [1.54, 1.807) is 6.20 Å². The average molecular weight is 264 g/mol. The molecule has 76 valence electrons. The normalized spacial score (nSPS) is 10.0. The first kappa shape index (κ1) is 10.1. The van der Waals surface area contributed by atoms with Crippen molar-refractivity contribution in [2.45, 2.75) is 0 Å². The number of rotatable bonds is 2. The molecule has 0 spiro atoms. The van der Waals surface area contributed by atoms with Crippen LogP contribution in [-0.4, -0.2) is 4.98 Å². The lowest BCUT2D eigenvalue weighted by molar-refractivity contribution is 1.23. The highest BCUT2D eigenvalue weighted by Crippen LogP contribution is 2.21. The van der Waals surface area contributed by atoms with E-state index in [1.807, 2.05) is 36.4 Å². The van der Waals surface area contributed by atoms with Gasteiger partial charge in [-0.1, -0.05) is 28.1 Å². The molecular weight excluding hydrogens is 254 g/mol. The highest BCUT2D eigenvalue weighted by Gasteiger charge is 1.97. The lowest BCUT2D eigenvalue weighted by atomic mass is 10.1. The summed E-state index contributed by atoms with van der Waals surface area (Å²) in [6.45, 7) is 0. The van der Waals surface area contributed by atoms with Gasteiger partial charge in [0.05, 0.1) is 0 Å². The largest absolute Gasteiger partial charge is 0.308 e. The van der Waals surface area contributed by atoms with Gasteiger partial charge >= 0.3 is 0 Å². The predicted molar refractivity (Wildman–Crippen MR) is 65.2 cm³/mol. The smallest absolute Gasteiger partial charge is 0.139 e. The van der Waals surface area contributed by atoms with Crippen molar-refractivity contribution in [3.63, 3.8) is 0 Å². The molecule has 0 aliphatic heterocycles. The van der Waals surface area contributed by atoms with Crippen molar-refractivity contribution in [2.24, 2.45) is 5.84 Å². The van der Waals surface area contributed by atoms with Crippen LogP contribution < -0.4 is 11.3 Å². The summed E-state index contributed by atoms with van der Waals surface area (Å²) >= 11 is 3.40. The maximum absolute atomic E-state index is 5.24. The fourth-order valence-electron chi connectivity index (χ4n) is 1.29. The summed E-state index contributed by atoms with van der Waals surface area (Å²) in [5, 5.41) is 0. The van der Waals surface area contributed by atoms with E-state index in [4.69, 9.17) is 5.84 Å². The molecule has 0 fully saturated rings. The van der Waals surface area contributed by atoms with Gasteiger partial charge in [-0.05, 0) is 29.8 Å². The van der Waals surface area contributed by atoms with Crippen LogP contribution in [0.2, 0.25) is 0 Å². The molecule has 1 aromatic carbocycles. The molecule has 3 N–H and O–H groups in total. The standard InChI is InChI=1S/C11H10BrN3/c12-10-4-1-8(2-5-10)9-3-6-11(15-13)14-7-9/h1-7H,13H2,(H,14,15). The van der Waals surface area contributed by atoms with E-state index in [-0.39, 0.29) is 0 Å². The van der Waals surface area contributed by atoms with Crippen LogP contribution in [0.4, 0.5) is 5.82 Å². The van der Waals surface area contributed by atoms with Crippen molar-refractivity contribution in [3.05, 3.63) is 47.1 Å². The molecule has 3 nitrogen and oxygen atoms in total. The van der Waals surface area contributed by atoms with E-state index in [2.05, 4.69) is 26.3 Å². The topological polar surface area (TPSA) is 50.9 Å². The van der Waals surface area contributed by atoms with E-state index < -0.39 is 0 Å². The minimum absolute atomic E-state index is 0.663. The highest BCUT2D eigenvalue weighted by molar-refractivity contribution is 9.10. The van der Waals surface area contributed by atoms with Gasteiger partial charge in [-0.3, -0.25) is 0 Å². The maximum atomic E-state index is 5.24. The van der Waals surface area contributed by atoms with E-state index >= 15 is 0 Å². The van der Waals surface area contributed by atoms with Crippen LogP contribution in [0.25, 0.3) is 11.1 Å². The number of halogens is 1. The number of aromatic nitrogens is 1. The second-order valence-electron chi connectivity index (χ2n) is 3.08. The molecule has 0 saturated carbocycles. The molecule has 0 unspecified atom stereocenters. The number of nitrogen functional groups attached to an aromatic ring is 1. The van der Waals surface area contributed by atoms with Gasteiger partial charge in [0.2, 0.25) is 0 Å². The summed E-state index contributed by atoms with van der Waals surface area (Å²) in [7, 11) is 0. The first-order valence-electron chi connectivity index (χ1n) is 4.48. The van der Waals surface area contributed by atoms with E-state index in [9.17, 15) is 0 Å². The first-order chi connectivity index (χ1) is 7.29. The molecule has 4 heteroatoms. The Balaban J connectivity index is 2.33. The van der Waals surface area contributed by atoms with Crippen LogP contribution in [0.1, 0.15) is 0 Å². The van der Waals surface area contributed by atoms with E-state index in [0.717, 1.165) is 15.6 Å². The fraction of sp³-hybridized carbons (Fsp3) is 0. The zero-order valence-electron chi connectivity index (χ0n) is 7.94. The monoisotopic (exact) mass is 263 g/mol. The molecule has 0 saturated heterocycles. The Morgan fingerprint density at radius 1 is 1.00 bits per heavy atom. The number of benzene rings is 1. The molecule has 0 atom stereocenters. The van der Waals surface area contributed by atoms with Crippen LogP contribution in [0.3, 0.4) is 0 Å². The molecule has 0 amide bonds. The summed E-state index contributed by atoms with van der Waals surface area (Å²) in [6.07, 6.45) is 1.79. The number of nitrogens with zero attached hydrogens (tertiary/aromatic N) is 1. The minimum Gasteiger partial charge on any atom is -0.308 e. The zero-order chi connectivity index (χ0) is 10.7. The zero-order valence-corrected chi connectivity index (χ0v) is 9.53. The van der Waals surface area contributed by atoms with Gasteiger partial charge in [0.15, 0.2) is 0 Å². The summed E-state index contributed by atoms with van der Waals surface area (Å²) in [6, 6.07) is 11.9. The molecule has 0 radical (unpaired) electrons. The summed E-state index contributed by atoms with van der Waals surface area (Å²) < 4.78 is 1.07. The fourth-order valence-corrected chi connectivity index (χ4v) is 1.56. The number of hydrogen-bond donors (Lipinski definition) is 2. The quantitative estimate of drug-likeness (QED) is 0.647. The van der Waals surface area contributed by atoms with Gasteiger partial charge in [0.25, 0.3) is 0 Å². The van der Waals surface area contributed by atoms with Crippen molar-refractivity contribution < 1.29 is 0 Å². The SMILES string of the molecule is NNc1ccc(-c2ccc(Br)cc2)cn1. The summed E-state index contributed by atoms with van der Waals surface area (Å²) in [5.74, 6) is 5.90. The van der Waals surface area contributed by atoms with Crippen molar-refractivity contribution in [1.82, 2.24) is 4.98 Å². The second kappa shape index (κ2) is 4.42. The van der Waals surface area contributed by atoms with Gasteiger partial charge in [0, 0.05) is 16.2 Å². The maximum Gasteiger partial charge on any atom is 0.139 e. The van der Waals surface area contributed by atoms with Crippen molar-refractivity contribution in [2.75, 3.05) is 5.43 Å². The molecule has 0 aliphatic carbocycles. The van der Waals surface area contributed by atoms with Crippen molar-refractivity contribution in [3.8, 4) is 11.1 Å². The molecule has 1 heterocycles. The van der Waals surface area contributed by atoms with Crippen LogP contribution in [0.5, 0.6) is 0 Å². The van der Waals surface area contributed by atoms with E-state index in [0.29, 0.717) is 5.82 Å². The van der Waals surface area contributed by atoms with Crippen molar-refractivity contribution in [1.29, 1.82) is 0 Å². The number of hydrogen-bond acceptors (Lipinski definition) is 3. The van der Waals surface area contributed by atoms with Gasteiger partial charge in [-0.25, -0.2) is 10.8 Å². The van der Waals surface area contributed by atoms with Gasteiger partial charge < -0.3 is 5.43 Å². The van der Waals surface area contributed by atoms with Crippen LogP contribution in [0, 0.1) is 0 Å². The minimum atomic E-state index is 0.663. The first-order valence-corrected chi connectivity index (χ1v) is 5.27. The Bertz CT molecular complexity index is 436. The average Bonchev–Trinajstić information content (AvgIpc) is 2.30. The van der Waals surface area contributed by atoms with Gasteiger partial charge in [0.1, 0.15) is 5.82 Å². The number of anilines is 1. The summed E-state index contributed by atoms with van der Waals surface area (Å²) in [4.78, 5) is 4.15. The molecule has 0 bridgehead atoms. The Morgan fingerprint density at radius 3 is 2.20 bits per heavy atom. The lowest BCUT2D eigenvalue weighted by Crippen LogP contribution is -2.07.